The quantitative estimate of drug-likeness (QED) is 0.602. The van der Waals surface area contributed by atoms with Gasteiger partial charge >= 0.3 is 8.73 Å². The van der Waals surface area contributed by atoms with E-state index in [4.69, 9.17) is 0 Å². The van der Waals surface area contributed by atoms with Crippen LogP contribution >= 0.6 is 0 Å². The maximum Gasteiger partial charge on any atom is 0.395 e. The second kappa shape index (κ2) is 4.51. The fraction of sp³-hybridized carbons (Fsp3) is 1.00. The minimum Gasteiger partial charge on any atom is -0.322 e. The molecular formula is C11H29FN2Si2. The lowest BCUT2D eigenvalue weighted by Gasteiger charge is -2.43. The van der Waals surface area contributed by atoms with Gasteiger partial charge in [-0.05, 0) is 20.8 Å². The lowest BCUT2D eigenvalue weighted by molar-refractivity contribution is 0.443. The Hall–Kier alpha value is 0.284. The van der Waals surface area contributed by atoms with Crippen molar-refractivity contribution in [3.05, 3.63) is 0 Å². The highest BCUT2D eigenvalue weighted by Gasteiger charge is 2.51. The Morgan fingerprint density at radius 2 is 1.25 bits per heavy atom. The van der Waals surface area contributed by atoms with E-state index >= 15 is 4.11 Å². The second-order valence-corrected chi connectivity index (χ2v) is 16.2. The second-order valence-electron chi connectivity index (χ2n) is 7.66. The largest absolute Gasteiger partial charge is 0.395 e. The van der Waals surface area contributed by atoms with Crippen molar-refractivity contribution in [1.82, 2.24) is 9.63 Å². The summed E-state index contributed by atoms with van der Waals surface area (Å²) < 4.78 is 18.6. The highest BCUT2D eigenvalue weighted by atomic mass is 28.4. The normalized spacial score (nSPS) is 18.4. The Kier molecular flexibility index (Phi) is 4.59. The predicted octanol–water partition coefficient (Wildman–Crippen LogP) is 3.51. The van der Waals surface area contributed by atoms with Gasteiger partial charge in [0.25, 0.3) is 0 Å². The van der Waals surface area contributed by atoms with Crippen LogP contribution in [0.25, 0.3) is 0 Å². The van der Waals surface area contributed by atoms with Gasteiger partial charge in [0.15, 0.2) is 0 Å². The first kappa shape index (κ1) is 16.3. The van der Waals surface area contributed by atoms with E-state index in [1.165, 1.54) is 0 Å². The fourth-order valence-electron chi connectivity index (χ4n) is 1.44. The van der Waals surface area contributed by atoms with Crippen LogP contribution in [0.5, 0.6) is 0 Å². The monoisotopic (exact) mass is 264 g/mol. The highest BCUT2D eigenvalue weighted by molar-refractivity contribution is 6.88. The average Bonchev–Trinajstić information content (AvgIpc) is 1.72. The van der Waals surface area contributed by atoms with Gasteiger partial charge in [-0.15, -0.1) is 0 Å². The van der Waals surface area contributed by atoms with Gasteiger partial charge in [-0.1, -0.05) is 40.4 Å². The molecule has 0 aromatic heterocycles. The van der Waals surface area contributed by atoms with Crippen molar-refractivity contribution in [2.45, 2.75) is 71.8 Å². The van der Waals surface area contributed by atoms with Gasteiger partial charge in [-0.3, -0.25) is 9.09 Å². The predicted molar refractivity (Wildman–Crippen MR) is 75.9 cm³/mol. The van der Waals surface area contributed by atoms with Crippen molar-refractivity contribution >= 4 is 17.0 Å². The SMILES string of the molecule is CC(C)(C)N[Si](F)(N[Si](C)(C)C)C(C)(C)C. The molecule has 0 heterocycles. The van der Waals surface area contributed by atoms with E-state index in [0.717, 1.165) is 0 Å². The maximum absolute atomic E-state index is 15.2. The standard InChI is InChI=1S/C11H29FN2Si2/c1-10(2,3)13-16(12,11(4,5)6)14-15(7,8)9/h13-14H,1-9H3. The maximum atomic E-state index is 15.2. The van der Waals surface area contributed by atoms with E-state index in [1.54, 1.807) is 0 Å². The summed E-state index contributed by atoms with van der Waals surface area (Å²) in [7, 11) is -4.79. The lowest BCUT2D eigenvalue weighted by atomic mass is 10.1. The first-order valence-electron chi connectivity index (χ1n) is 5.94. The molecule has 2 N–H and O–H groups in total. The van der Waals surface area contributed by atoms with Gasteiger partial charge < -0.3 is 4.65 Å². The Balaban J connectivity index is 5.07. The van der Waals surface area contributed by atoms with Crippen molar-refractivity contribution < 1.29 is 4.11 Å². The molecule has 0 aliphatic rings. The van der Waals surface area contributed by atoms with Gasteiger partial charge in [0.1, 0.15) is 8.24 Å². The molecule has 2 nitrogen and oxygen atoms in total. The molecule has 0 aromatic carbocycles. The van der Waals surface area contributed by atoms with E-state index in [2.05, 4.69) is 29.3 Å². The Bertz CT molecular complexity index is 220. The summed E-state index contributed by atoms with van der Waals surface area (Å²) in [6, 6.07) is 0. The Morgan fingerprint density at radius 3 is 1.44 bits per heavy atom. The summed E-state index contributed by atoms with van der Waals surface area (Å²) >= 11 is 0. The summed E-state index contributed by atoms with van der Waals surface area (Å²) in [5.74, 6) is 0. The molecule has 0 aliphatic carbocycles. The molecule has 1 atom stereocenters. The van der Waals surface area contributed by atoms with Crippen LogP contribution in [0.4, 0.5) is 4.11 Å². The molecule has 0 aromatic rings. The zero-order valence-corrected chi connectivity index (χ0v) is 14.4. The van der Waals surface area contributed by atoms with Gasteiger partial charge in [0, 0.05) is 10.6 Å². The molecule has 0 fully saturated rings. The number of hydrogen-bond donors (Lipinski definition) is 2. The van der Waals surface area contributed by atoms with Crippen LogP contribution in [-0.2, 0) is 0 Å². The summed E-state index contributed by atoms with van der Waals surface area (Å²) in [4.78, 5) is 3.22. The molecule has 0 amide bonds. The summed E-state index contributed by atoms with van der Waals surface area (Å²) in [5.41, 5.74) is -0.194. The minimum atomic E-state index is -3.16. The lowest BCUT2D eigenvalue weighted by Crippen LogP contribution is -2.74. The van der Waals surface area contributed by atoms with Gasteiger partial charge in [0.2, 0.25) is 0 Å². The van der Waals surface area contributed by atoms with Crippen LogP contribution < -0.4 is 9.63 Å². The molecule has 0 aliphatic heterocycles. The third kappa shape index (κ3) is 5.56. The third-order valence-corrected chi connectivity index (χ3v) is 9.67. The average molecular weight is 265 g/mol. The molecule has 0 saturated carbocycles. The summed E-state index contributed by atoms with van der Waals surface area (Å²) in [5, 5.41) is -0.347. The zero-order chi connectivity index (χ0) is 13.4. The van der Waals surface area contributed by atoms with E-state index in [1.807, 2.05) is 41.5 Å². The Labute approximate surface area is 103 Å². The number of hydrogen-bond acceptors (Lipinski definition) is 2. The molecule has 0 bridgehead atoms. The first-order valence-corrected chi connectivity index (χ1v) is 11.3. The van der Waals surface area contributed by atoms with Crippen molar-refractivity contribution in [1.29, 1.82) is 0 Å². The summed E-state index contributed by atoms with van der Waals surface area (Å²) in [6.07, 6.45) is 0. The first-order chi connectivity index (χ1) is 6.66. The number of halogens is 1. The molecule has 5 heteroatoms. The van der Waals surface area contributed by atoms with Crippen molar-refractivity contribution in [3.8, 4) is 0 Å². The Morgan fingerprint density at radius 1 is 0.875 bits per heavy atom. The minimum absolute atomic E-state index is 0.194. The molecule has 98 valence electrons. The van der Waals surface area contributed by atoms with E-state index in [-0.39, 0.29) is 10.6 Å². The molecule has 1 unspecified atom stereocenters. The van der Waals surface area contributed by atoms with Crippen LogP contribution in [0.3, 0.4) is 0 Å². The van der Waals surface area contributed by atoms with Crippen molar-refractivity contribution in [3.63, 3.8) is 0 Å². The van der Waals surface area contributed by atoms with Crippen LogP contribution in [0, 0.1) is 0 Å². The zero-order valence-electron chi connectivity index (χ0n) is 12.4. The van der Waals surface area contributed by atoms with Crippen molar-refractivity contribution in [2.75, 3.05) is 0 Å². The number of rotatable bonds is 3. The number of nitrogens with one attached hydrogen (secondary N) is 2. The van der Waals surface area contributed by atoms with Crippen molar-refractivity contribution in [2.24, 2.45) is 0 Å². The molecule has 0 saturated heterocycles. The van der Waals surface area contributed by atoms with Crippen LogP contribution in [0.1, 0.15) is 41.5 Å². The van der Waals surface area contributed by atoms with Gasteiger partial charge in [0.05, 0.1) is 0 Å². The fourth-order valence-corrected chi connectivity index (χ4v) is 8.73. The topological polar surface area (TPSA) is 24.1 Å². The van der Waals surface area contributed by atoms with E-state index in [9.17, 15) is 0 Å². The van der Waals surface area contributed by atoms with Crippen LogP contribution in [0.15, 0.2) is 0 Å². The van der Waals surface area contributed by atoms with Crippen LogP contribution in [0.2, 0.25) is 24.7 Å². The molecule has 0 spiro atoms. The smallest absolute Gasteiger partial charge is 0.322 e. The third-order valence-electron chi connectivity index (χ3n) is 2.13. The van der Waals surface area contributed by atoms with E-state index < -0.39 is 17.0 Å². The van der Waals surface area contributed by atoms with Crippen LogP contribution in [-0.4, -0.2) is 22.5 Å². The van der Waals surface area contributed by atoms with E-state index in [0.29, 0.717) is 0 Å². The molecule has 0 radical (unpaired) electrons. The molecule has 16 heavy (non-hydrogen) atoms. The molecular weight excluding hydrogens is 235 g/mol. The van der Waals surface area contributed by atoms with Gasteiger partial charge in [-0.25, -0.2) is 0 Å². The van der Waals surface area contributed by atoms with Gasteiger partial charge in [-0.2, -0.15) is 0 Å². The summed E-state index contributed by atoms with van der Waals surface area (Å²) in [6.45, 7) is 18.4. The highest BCUT2D eigenvalue weighted by Crippen LogP contribution is 2.35. The molecule has 0 rings (SSSR count).